The highest BCUT2D eigenvalue weighted by molar-refractivity contribution is 5.75. The van der Waals surface area contributed by atoms with Crippen LogP contribution in [0.15, 0.2) is 0 Å². The van der Waals surface area contributed by atoms with Crippen LogP contribution in [-0.4, -0.2) is 12.1 Å². The molecule has 2 rings (SSSR count). The summed E-state index contributed by atoms with van der Waals surface area (Å²) in [7, 11) is 0. The molecule has 0 atom stereocenters. The van der Waals surface area contributed by atoms with Crippen molar-refractivity contribution in [3.63, 3.8) is 0 Å². The summed E-state index contributed by atoms with van der Waals surface area (Å²) in [5, 5.41) is 0. The van der Waals surface area contributed by atoms with Crippen LogP contribution >= 0.6 is 0 Å². The Morgan fingerprint density at radius 1 is 1.00 bits per heavy atom. The Kier molecular flexibility index (Phi) is 2.33. The first-order valence-corrected chi connectivity index (χ1v) is 5.07. The van der Waals surface area contributed by atoms with Crippen LogP contribution in [0, 0.1) is 5.92 Å². The molecule has 0 N–H and O–H groups in total. The van der Waals surface area contributed by atoms with Gasteiger partial charge in [0.05, 0.1) is 5.92 Å². The summed E-state index contributed by atoms with van der Waals surface area (Å²) in [4.78, 5) is 11.3. The zero-order valence-electron chi connectivity index (χ0n) is 7.42. The summed E-state index contributed by atoms with van der Waals surface area (Å²) in [5.41, 5.74) is 0. The van der Waals surface area contributed by atoms with Crippen molar-refractivity contribution < 1.29 is 9.53 Å². The Balaban J connectivity index is 1.73. The highest BCUT2D eigenvalue weighted by atomic mass is 16.5. The van der Waals surface area contributed by atoms with Crippen LogP contribution in [0.2, 0.25) is 0 Å². The molecule has 0 amide bonds. The van der Waals surface area contributed by atoms with Gasteiger partial charge in [0.15, 0.2) is 0 Å². The molecule has 0 bridgehead atoms. The standard InChI is InChI=1S/C10H16O2/c11-10(8-6-7-8)12-9-4-2-1-3-5-9/h8-9H,1-7H2. The van der Waals surface area contributed by atoms with Gasteiger partial charge in [0.1, 0.15) is 6.10 Å². The third-order valence-electron chi connectivity index (χ3n) is 2.75. The lowest BCUT2D eigenvalue weighted by molar-refractivity contribution is -0.152. The summed E-state index contributed by atoms with van der Waals surface area (Å²) in [6.45, 7) is 0. The predicted molar refractivity (Wildman–Crippen MR) is 45.7 cm³/mol. The van der Waals surface area contributed by atoms with Gasteiger partial charge < -0.3 is 4.74 Å². The molecule has 2 heteroatoms. The molecule has 68 valence electrons. The first-order chi connectivity index (χ1) is 5.86. The molecule has 0 radical (unpaired) electrons. The Morgan fingerprint density at radius 3 is 2.25 bits per heavy atom. The van der Waals surface area contributed by atoms with Gasteiger partial charge in [-0.25, -0.2) is 0 Å². The average Bonchev–Trinajstić information content (AvgIpc) is 2.88. The maximum Gasteiger partial charge on any atom is 0.309 e. The second-order valence-electron chi connectivity index (χ2n) is 3.97. The van der Waals surface area contributed by atoms with Gasteiger partial charge in [-0.15, -0.1) is 0 Å². The molecule has 0 saturated heterocycles. The van der Waals surface area contributed by atoms with Gasteiger partial charge in [0, 0.05) is 0 Å². The fourth-order valence-electron chi connectivity index (χ4n) is 1.76. The van der Waals surface area contributed by atoms with E-state index in [0.29, 0.717) is 0 Å². The molecule has 2 nitrogen and oxygen atoms in total. The quantitative estimate of drug-likeness (QED) is 0.591. The van der Waals surface area contributed by atoms with E-state index in [-0.39, 0.29) is 18.0 Å². The minimum absolute atomic E-state index is 0.0712. The SMILES string of the molecule is O=C(OC1CCCCC1)C1CC1. The average molecular weight is 168 g/mol. The monoisotopic (exact) mass is 168 g/mol. The third-order valence-corrected chi connectivity index (χ3v) is 2.75. The molecule has 0 aromatic heterocycles. The minimum Gasteiger partial charge on any atom is -0.462 e. The van der Waals surface area contributed by atoms with Crippen LogP contribution in [0.1, 0.15) is 44.9 Å². The lowest BCUT2D eigenvalue weighted by Gasteiger charge is -2.21. The molecule has 2 fully saturated rings. The van der Waals surface area contributed by atoms with Crippen molar-refractivity contribution in [1.82, 2.24) is 0 Å². The number of hydrogen-bond acceptors (Lipinski definition) is 2. The molecular weight excluding hydrogens is 152 g/mol. The van der Waals surface area contributed by atoms with E-state index in [1.807, 2.05) is 0 Å². The number of hydrogen-bond donors (Lipinski definition) is 0. The lowest BCUT2D eigenvalue weighted by atomic mass is 9.98. The van der Waals surface area contributed by atoms with Gasteiger partial charge in [-0.1, -0.05) is 6.42 Å². The Hall–Kier alpha value is -0.530. The number of carbonyl (C=O) groups excluding carboxylic acids is 1. The van der Waals surface area contributed by atoms with E-state index in [9.17, 15) is 4.79 Å². The predicted octanol–water partition coefficient (Wildman–Crippen LogP) is 2.27. The maximum atomic E-state index is 11.3. The van der Waals surface area contributed by atoms with E-state index < -0.39 is 0 Å². The highest BCUT2D eigenvalue weighted by Gasteiger charge is 2.33. The van der Waals surface area contributed by atoms with Crippen LogP contribution in [0.4, 0.5) is 0 Å². The third kappa shape index (κ3) is 1.99. The molecule has 2 saturated carbocycles. The van der Waals surface area contributed by atoms with Gasteiger partial charge in [-0.3, -0.25) is 4.79 Å². The summed E-state index contributed by atoms with van der Waals surface area (Å²) in [5.74, 6) is 0.342. The smallest absolute Gasteiger partial charge is 0.309 e. The van der Waals surface area contributed by atoms with Gasteiger partial charge >= 0.3 is 5.97 Å². The van der Waals surface area contributed by atoms with Crippen molar-refractivity contribution >= 4 is 5.97 Å². The van der Waals surface area contributed by atoms with Crippen LogP contribution in [-0.2, 0) is 9.53 Å². The van der Waals surface area contributed by atoms with Crippen LogP contribution < -0.4 is 0 Å². The zero-order chi connectivity index (χ0) is 8.39. The Bertz CT molecular complexity index is 167. The second-order valence-corrected chi connectivity index (χ2v) is 3.97. The maximum absolute atomic E-state index is 11.3. The van der Waals surface area contributed by atoms with Crippen molar-refractivity contribution in [3.8, 4) is 0 Å². The van der Waals surface area contributed by atoms with Crippen LogP contribution in [0.3, 0.4) is 0 Å². The fraction of sp³-hybridized carbons (Fsp3) is 0.900. The van der Waals surface area contributed by atoms with Crippen LogP contribution in [0.5, 0.6) is 0 Å². The minimum atomic E-state index is 0.0712. The second kappa shape index (κ2) is 3.46. The van der Waals surface area contributed by atoms with Gasteiger partial charge in [0.2, 0.25) is 0 Å². The number of esters is 1. The molecule has 0 aromatic rings. The van der Waals surface area contributed by atoms with E-state index >= 15 is 0 Å². The first-order valence-electron chi connectivity index (χ1n) is 5.07. The Morgan fingerprint density at radius 2 is 1.67 bits per heavy atom. The molecule has 2 aliphatic rings. The molecule has 0 aliphatic heterocycles. The van der Waals surface area contributed by atoms with E-state index in [1.165, 1.54) is 19.3 Å². The summed E-state index contributed by atoms with van der Waals surface area (Å²) in [6, 6.07) is 0. The van der Waals surface area contributed by atoms with E-state index in [2.05, 4.69) is 0 Å². The topological polar surface area (TPSA) is 26.3 Å². The molecule has 12 heavy (non-hydrogen) atoms. The van der Waals surface area contributed by atoms with Gasteiger partial charge in [0.25, 0.3) is 0 Å². The van der Waals surface area contributed by atoms with Crippen molar-refractivity contribution in [2.45, 2.75) is 51.0 Å². The van der Waals surface area contributed by atoms with Crippen molar-refractivity contribution in [2.75, 3.05) is 0 Å². The van der Waals surface area contributed by atoms with Crippen molar-refractivity contribution in [2.24, 2.45) is 5.92 Å². The highest BCUT2D eigenvalue weighted by Crippen LogP contribution is 2.32. The first kappa shape index (κ1) is 8.09. The number of carbonyl (C=O) groups is 1. The molecule has 0 spiro atoms. The molecule has 0 heterocycles. The molecule has 2 aliphatic carbocycles. The number of ether oxygens (including phenoxy) is 1. The lowest BCUT2D eigenvalue weighted by Crippen LogP contribution is -2.21. The van der Waals surface area contributed by atoms with Gasteiger partial charge in [-0.2, -0.15) is 0 Å². The molecule has 0 aromatic carbocycles. The van der Waals surface area contributed by atoms with Crippen molar-refractivity contribution in [1.29, 1.82) is 0 Å². The molecule has 0 unspecified atom stereocenters. The Labute approximate surface area is 73.3 Å². The number of rotatable bonds is 2. The zero-order valence-corrected chi connectivity index (χ0v) is 7.42. The largest absolute Gasteiger partial charge is 0.462 e. The summed E-state index contributed by atoms with van der Waals surface area (Å²) in [6.07, 6.45) is 8.36. The normalized spacial score (nSPS) is 25.3. The van der Waals surface area contributed by atoms with Crippen LogP contribution in [0.25, 0.3) is 0 Å². The van der Waals surface area contributed by atoms with Crippen molar-refractivity contribution in [3.05, 3.63) is 0 Å². The van der Waals surface area contributed by atoms with E-state index in [0.717, 1.165) is 25.7 Å². The summed E-state index contributed by atoms with van der Waals surface area (Å²) < 4.78 is 5.38. The van der Waals surface area contributed by atoms with Gasteiger partial charge in [-0.05, 0) is 38.5 Å². The van der Waals surface area contributed by atoms with E-state index in [4.69, 9.17) is 4.74 Å². The fourth-order valence-corrected chi connectivity index (χ4v) is 1.76. The molecular formula is C10H16O2. The van der Waals surface area contributed by atoms with E-state index in [1.54, 1.807) is 0 Å². The summed E-state index contributed by atoms with van der Waals surface area (Å²) >= 11 is 0.